The van der Waals surface area contributed by atoms with Crippen LogP contribution in [0.3, 0.4) is 0 Å². The number of carbonyl (C=O) groups is 2. The van der Waals surface area contributed by atoms with E-state index in [1.807, 2.05) is 23.1 Å². The van der Waals surface area contributed by atoms with E-state index in [0.717, 1.165) is 38.2 Å². The molecule has 2 fully saturated rings. The van der Waals surface area contributed by atoms with Crippen molar-refractivity contribution in [2.24, 2.45) is 11.8 Å². The summed E-state index contributed by atoms with van der Waals surface area (Å²) in [6.45, 7) is 3.77. The highest BCUT2D eigenvalue weighted by molar-refractivity contribution is 5.85. The number of piperazine rings is 1. The van der Waals surface area contributed by atoms with Gasteiger partial charge in [0.25, 0.3) is 0 Å². The number of hydrogen-bond acceptors (Lipinski definition) is 4. The maximum atomic E-state index is 12.8. The third kappa shape index (κ3) is 3.93. The first kappa shape index (κ1) is 16.9. The summed E-state index contributed by atoms with van der Waals surface area (Å²) in [7, 11) is 0. The minimum atomic E-state index is -0.818. The standard InChI is InChI=1S/C18H25N3O3/c22-17(15-6-1-2-7-16(15)18(23)24)21-11-9-20(10-12-21)13-14-5-3-4-8-19-14/h3-5,8,15-16H,1-2,6-7,9-13H2,(H,23,24)/t15-,16+/m0/s1. The first-order valence-electron chi connectivity index (χ1n) is 8.79. The van der Waals surface area contributed by atoms with Crippen molar-refractivity contribution in [1.29, 1.82) is 0 Å². The Labute approximate surface area is 142 Å². The zero-order chi connectivity index (χ0) is 16.9. The highest BCUT2D eigenvalue weighted by atomic mass is 16.4. The van der Waals surface area contributed by atoms with E-state index in [9.17, 15) is 14.7 Å². The second kappa shape index (κ2) is 7.75. The summed E-state index contributed by atoms with van der Waals surface area (Å²) in [6.07, 6.45) is 5.01. The molecule has 2 heterocycles. The topological polar surface area (TPSA) is 73.7 Å². The number of aromatic nitrogens is 1. The quantitative estimate of drug-likeness (QED) is 0.907. The molecule has 1 N–H and O–H groups in total. The van der Waals surface area contributed by atoms with E-state index in [2.05, 4.69) is 9.88 Å². The van der Waals surface area contributed by atoms with Crippen molar-refractivity contribution >= 4 is 11.9 Å². The molecule has 3 rings (SSSR count). The maximum Gasteiger partial charge on any atom is 0.307 e. The number of carboxylic acids is 1. The SMILES string of the molecule is O=C(O)[C@@H]1CCCC[C@@H]1C(=O)N1CCN(Cc2ccccn2)CC1. The van der Waals surface area contributed by atoms with Crippen molar-refractivity contribution in [3.8, 4) is 0 Å². The summed E-state index contributed by atoms with van der Waals surface area (Å²) in [4.78, 5) is 32.7. The molecule has 1 saturated heterocycles. The number of pyridine rings is 1. The third-order valence-electron chi connectivity index (χ3n) is 5.20. The van der Waals surface area contributed by atoms with Gasteiger partial charge in [0.15, 0.2) is 0 Å². The molecule has 0 bridgehead atoms. The van der Waals surface area contributed by atoms with Crippen LogP contribution in [0.4, 0.5) is 0 Å². The van der Waals surface area contributed by atoms with Crippen LogP contribution in [0.2, 0.25) is 0 Å². The lowest BCUT2D eigenvalue weighted by Gasteiger charge is -2.38. The highest BCUT2D eigenvalue weighted by Crippen LogP contribution is 2.32. The highest BCUT2D eigenvalue weighted by Gasteiger charge is 2.38. The van der Waals surface area contributed by atoms with Gasteiger partial charge in [-0.1, -0.05) is 18.9 Å². The molecule has 24 heavy (non-hydrogen) atoms. The van der Waals surface area contributed by atoms with Crippen molar-refractivity contribution in [3.63, 3.8) is 0 Å². The van der Waals surface area contributed by atoms with Gasteiger partial charge in [-0.15, -0.1) is 0 Å². The van der Waals surface area contributed by atoms with Crippen LogP contribution in [-0.4, -0.2) is 57.9 Å². The molecule has 1 aromatic heterocycles. The van der Waals surface area contributed by atoms with Crippen molar-refractivity contribution < 1.29 is 14.7 Å². The number of rotatable bonds is 4. The fourth-order valence-electron chi connectivity index (χ4n) is 3.80. The number of nitrogens with zero attached hydrogens (tertiary/aromatic N) is 3. The van der Waals surface area contributed by atoms with E-state index >= 15 is 0 Å². The lowest BCUT2D eigenvalue weighted by atomic mass is 9.78. The van der Waals surface area contributed by atoms with Crippen LogP contribution in [0.1, 0.15) is 31.4 Å². The Kier molecular flexibility index (Phi) is 5.45. The van der Waals surface area contributed by atoms with Gasteiger partial charge in [0.1, 0.15) is 0 Å². The van der Waals surface area contributed by atoms with E-state index < -0.39 is 11.9 Å². The van der Waals surface area contributed by atoms with Gasteiger partial charge in [-0.25, -0.2) is 0 Å². The van der Waals surface area contributed by atoms with Gasteiger partial charge in [-0.3, -0.25) is 19.5 Å². The summed E-state index contributed by atoms with van der Waals surface area (Å²) in [5.74, 6) is -1.61. The van der Waals surface area contributed by atoms with Crippen LogP contribution in [0.15, 0.2) is 24.4 Å². The molecule has 0 spiro atoms. The molecule has 1 aromatic rings. The predicted octanol–water partition coefficient (Wildman–Crippen LogP) is 1.62. The summed E-state index contributed by atoms with van der Waals surface area (Å²) in [5, 5.41) is 9.38. The van der Waals surface area contributed by atoms with Crippen molar-refractivity contribution in [3.05, 3.63) is 30.1 Å². The molecule has 1 saturated carbocycles. The number of carboxylic acid groups (broad SMARTS) is 1. The van der Waals surface area contributed by atoms with E-state index in [1.165, 1.54) is 0 Å². The molecule has 1 aliphatic carbocycles. The van der Waals surface area contributed by atoms with Crippen LogP contribution in [-0.2, 0) is 16.1 Å². The lowest BCUT2D eigenvalue weighted by molar-refractivity contribution is -0.153. The summed E-state index contributed by atoms with van der Waals surface area (Å²) in [5.41, 5.74) is 1.04. The molecule has 6 nitrogen and oxygen atoms in total. The molecule has 2 aliphatic rings. The molecule has 130 valence electrons. The zero-order valence-corrected chi connectivity index (χ0v) is 13.9. The Morgan fingerprint density at radius 3 is 2.42 bits per heavy atom. The number of carbonyl (C=O) groups excluding carboxylic acids is 1. The maximum absolute atomic E-state index is 12.8. The Balaban J connectivity index is 1.54. The second-order valence-electron chi connectivity index (χ2n) is 6.76. The molecule has 0 unspecified atom stereocenters. The van der Waals surface area contributed by atoms with Gasteiger partial charge >= 0.3 is 5.97 Å². The summed E-state index contributed by atoms with van der Waals surface area (Å²) >= 11 is 0. The minimum Gasteiger partial charge on any atom is -0.481 e. The average molecular weight is 331 g/mol. The number of aliphatic carboxylic acids is 1. The Hall–Kier alpha value is -1.95. The van der Waals surface area contributed by atoms with Gasteiger partial charge in [0.05, 0.1) is 17.5 Å². The Morgan fingerprint density at radius 1 is 1.08 bits per heavy atom. The largest absolute Gasteiger partial charge is 0.481 e. The molecule has 1 aliphatic heterocycles. The molecule has 0 aromatic carbocycles. The predicted molar refractivity (Wildman–Crippen MR) is 89.2 cm³/mol. The average Bonchev–Trinajstić information content (AvgIpc) is 2.62. The van der Waals surface area contributed by atoms with Crippen molar-refractivity contribution in [2.45, 2.75) is 32.2 Å². The van der Waals surface area contributed by atoms with Gasteiger partial charge in [-0.05, 0) is 25.0 Å². The Morgan fingerprint density at radius 2 is 1.79 bits per heavy atom. The fraction of sp³-hybridized carbons (Fsp3) is 0.611. The monoisotopic (exact) mass is 331 g/mol. The second-order valence-corrected chi connectivity index (χ2v) is 6.76. The molecule has 0 radical (unpaired) electrons. The minimum absolute atomic E-state index is 0.0413. The molecular weight excluding hydrogens is 306 g/mol. The smallest absolute Gasteiger partial charge is 0.307 e. The molecule has 2 atom stereocenters. The van der Waals surface area contributed by atoms with E-state index in [0.29, 0.717) is 25.9 Å². The van der Waals surface area contributed by atoms with Crippen LogP contribution in [0.25, 0.3) is 0 Å². The van der Waals surface area contributed by atoms with Crippen LogP contribution < -0.4 is 0 Å². The normalized spacial score (nSPS) is 25.4. The number of amides is 1. The lowest BCUT2D eigenvalue weighted by Crippen LogP contribution is -2.51. The van der Waals surface area contributed by atoms with Crippen LogP contribution in [0.5, 0.6) is 0 Å². The van der Waals surface area contributed by atoms with Crippen molar-refractivity contribution in [1.82, 2.24) is 14.8 Å². The van der Waals surface area contributed by atoms with Crippen LogP contribution in [0, 0.1) is 11.8 Å². The molecule has 6 heteroatoms. The van der Waals surface area contributed by atoms with Gasteiger partial charge < -0.3 is 10.0 Å². The van der Waals surface area contributed by atoms with E-state index in [1.54, 1.807) is 6.20 Å². The summed E-state index contributed by atoms with van der Waals surface area (Å²) < 4.78 is 0. The summed E-state index contributed by atoms with van der Waals surface area (Å²) in [6, 6.07) is 5.90. The van der Waals surface area contributed by atoms with Gasteiger partial charge in [0.2, 0.25) is 5.91 Å². The Bertz CT molecular complexity index is 570. The van der Waals surface area contributed by atoms with E-state index in [4.69, 9.17) is 0 Å². The van der Waals surface area contributed by atoms with Crippen LogP contribution >= 0.6 is 0 Å². The first-order chi connectivity index (χ1) is 11.6. The number of hydrogen-bond donors (Lipinski definition) is 1. The fourth-order valence-corrected chi connectivity index (χ4v) is 3.80. The van der Waals surface area contributed by atoms with E-state index in [-0.39, 0.29) is 11.8 Å². The zero-order valence-electron chi connectivity index (χ0n) is 13.9. The van der Waals surface area contributed by atoms with Crippen molar-refractivity contribution in [2.75, 3.05) is 26.2 Å². The third-order valence-corrected chi connectivity index (χ3v) is 5.20. The molecule has 1 amide bonds. The van der Waals surface area contributed by atoms with Gasteiger partial charge in [0, 0.05) is 38.9 Å². The first-order valence-corrected chi connectivity index (χ1v) is 8.79. The van der Waals surface area contributed by atoms with Gasteiger partial charge in [-0.2, -0.15) is 0 Å². The molecular formula is C18H25N3O3.